The molecule has 7 heteroatoms. The fourth-order valence-electron chi connectivity index (χ4n) is 2.80. The summed E-state index contributed by atoms with van der Waals surface area (Å²) in [7, 11) is 0. The molecule has 1 amide bonds. The second kappa shape index (κ2) is 28.2. The van der Waals surface area contributed by atoms with E-state index >= 15 is 0 Å². The van der Waals surface area contributed by atoms with E-state index in [0.29, 0.717) is 12.8 Å². The Bertz CT molecular complexity index is 740. The average Bonchev–Trinajstić information content (AvgIpc) is 3.48. The number of anilines is 2. The number of hydrogen-bond acceptors (Lipinski definition) is 5. The van der Waals surface area contributed by atoms with Gasteiger partial charge in [0.15, 0.2) is 0 Å². The van der Waals surface area contributed by atoms with Crippen LogP contribution >= 0.6 is 11.6 Å². The lowest BCUT2D eigenvalue weighted by Gasteiger charge is -2.13. The lowest BCUT2D eigenvalue weighted by Crippen LogP contribution is -2.21. The van der Waals surface area contributed by atoms with Crippen LogP contribution in [0, 0.1) is 0 Å². The van der Waals surface area contributed by atoms with E-state index < -0.39 is 0 Å². The van der Waals surface area contributed by atoms with Gasteiger partial charge in [0.05, 0.1) is 0 Å². The molecule has 3 N–H and O–H groups in total. The van der Waals surface area contributed by atoms with Crippen LogP contribution in [-0.2, 0) is 14.3 Å². The normalized spacial score (nSPS) is 11.2. The first-order valence-corrected chi connectivity index (χ1v) is 13.9. The van der Waals surface area contributed by atoms with Gasteiger partial charge in [0.2, 0.25) is 11.1 Å². The number of nitrogens with zero attached hydrogens (tertiary/aromatic N) is 1. The highest BCUT2D eigenvalue weighted by Gasteiger charge is 1.98. The van der Waals surface area contributed by atoms with Gasteiger partial charge in [-0.05, 0) is 81.2 Å². The monoisotopic (exact) mass is 535 g/mol. The van der Waals surface area contributed by atoms with Crippen molar-refractivity contribution < 1.29 is 14.3 Å². The Morgan fingerprint density at radius 1 is 0.811 bits per heavy atom. The number of para-hydroxylation sites is 2. The average molecular weight is 536 g/mol. The third-order valence-corrected chi connectivity index (χ3v) is 5.14. The van der Waals surface area contributed by atoms with E-state index in [1.54, 1.807) is 0 Å². The lowest BCUT2D eigenvalue weighted by atomic mass is 10.3. The molecule has 0 aromatic heterocycles. The molecule has 1 aliphatic rings. The smallest absolute Gasteiger partial charge is 0.224 e. The van der Waals surface area contributed by atoms with Crippen LogP contribution in [0.15, 0.2) is 60.7 Å². The van der Waals surface area contributed by atoms with Crippen molar-refractivity contribution in [1.29, 1.82) is 0 Å². The first-order valence-electron chi connectivity index (χ1n) is 13.5. The second-order valence-corrected chi connectivity index (χ2v) is 8.54. The Kier molecular flexibility index (Phi) is 28.0. The van der Waals surface area contributed by atoms with Crippen molar-refractivity contribution in [2.24, 2.45) is 0 Å². The van der Waals surface area contributed by atoms with Crippen molar-refractivity contribution in [2.75, 3.05) is 43.9 Å². The molecule has 0 unspecified atom stereocenters. The van der Waals surface area contributed by atoms with E-state index in [1.165, 1.54) is 32.5 Å². The highest BCUT2D eigenvalue weighted by Crippen LogP contribution is 2.05. The summed E-state index contributed by atoms with van der Waals surface area (Å²) in [6.45, 7) is 16.0. The molecular formula is C30H50ClN3O3. The zero-order valence-corrected chi connectivity index (χ0v) is 24.4. The van der Waals surface area contributed by atoms with Gasteiger partial charge in [-0.15, -0.1) is 0 Å². The van der Waals surface area contributed by atoms with Crippen LogP contribution in [0.3, 0.4) is 0 Å². The zero-order chi connectivity index (χ0) is 28.2. The largest absolute Gasteiger partial charge is 0.399 e. The van der Waals surface area contributed by atoms with Crippen molar-refractivity contribution in [3.8, 4) is 0 Å². The predicted octanol–water partition coefficient (Wildman–Crippen LogP) is 7.39. The Labute approximate surface area is 230 Å². The molecule has 2 aromatic carbocycles. The number of amides is 1. The Hall–Kier alpha value is -2.41. The van der Waals surface area contributed by atoms with Crippen molar-refractivity contribution in [3.63, 3.8) is 0 Å². The number of hydrogen-bond donors (Lipinski definition) is 2. The molecule has 0 aliphatic carbocycles. The van der Waals surface area contributed by atoms with E-state index in [0.717, 1.165) is 37.4 Å². The molecule has 37 heavy (non-hydrogen) atoms. The van der Waals surface area contributed by atoms with Gasteiger partial charge in [-0.3, -0.25) is 9.59 Å². The summed E-state index contributed by atoms with van der Waals surface area (Å²) in [6.07, 6.45) is 5.39. The molecule has 6 nitrogen and oxygen atoms in total. The predicted molar refractivity (Wildman–Crippen MR) is 160 cm³/mol. The number of halogens is 1. The van der Waals surface area contributed by atoms with Crippen LogP contribution in [0.2, 0.25) is 0 Å². The summed E-state index contributed by atoms with van der Waals surface area (Å²) in [6, 6.07) is 19.0. The number of carbonyl (C=O) groups is 2. The van der Waals surface area contributed by atoms with E-state index in [-0.39, 0.29) is 11.1 Å². The quantitative estimate of drug-likeness (QED) is 0.272. The van der Waals surface area contributed by atoms with Crippen LogP contribution in [-0.4, -0.2) is 48.9 Å². The molecule has 3 rings (SSSR count). The second-order valence-electron chi connectivity index (χ2n) is 8.12. The van der Waals surface area contributed by atoms with E-state index in [9.17, 15) is 9.59 Å². The van der Waals surface area contributed by atoms with Crippen molar-refractivity contribution in [1.82, 2.24) is 4.90 Å². The standard InChI is InChI=1S/C10H13NO.C6H7N.C6H15N.C4H7ClO.C4H8O/c1-2-6-10(12)11-9-7-4-3-5-8-9;7-6-4-2-1-3-5-6;1-4-7(5-2)6-3;1-2-3-4(5)6;1-2-4-5-3-1/h3-5,7-8H,2,6H2,1H3,(H,11,12);1-5H,7H2;4-6H2,1-3H3;2-3H2,1H3;1-4H2. The highest BCUT2D eigenvalue weighted by molar-refractivity contribution is 6.63. The summed E-state index contributed by atoms with van der Waals surface area (Å²) in [5.74, 6) is 0.0868. The minimum atomic E-state index is -0.238. The van der Waals surface area contributed by atoms with Gasteiger partial charge in [-0.1, -0.05) is 71.0 Å². The molecule has 0 saturated carbocycles. The lowest BCUT2D eigenvalue weighted by molar-refractivity contribution is -0.116. The maximum absolute atomic E-state index is 11.1. The van der Waals surface area contributed by atoms with Crippen LogP contribution in [0.1, 0.15) is 73.1 Å². The number of nitrogen functional groups attached to an aromatic ring is 1. The minimum absolute atomic E-state index is 0.0868. The summed E-state index contributed by atoms with van der Waals surface area (Å²) in [5.41, 5.74) is 7.05. The van der Waals surface area contributed by atoms with Crippen molar-refractivity contribution in [3.05, 3.63) is 60.7 Å². The van der Waals surface area contributed by atoms with Crippen molar-refractivity contribution >= 4 is 34.1 Å². The Balaban J connectivity index is 0. The van der Waals surface area contributed by atoms with Gasteiger partial charge < -0.3 is 20.7 Å². The first kappa shape index (κ1) is 36.7. The number of rotatable bonds is 8. The molecule has 0 atom stereocenters. The molecule has 1 fully saturated rings. The molecule has 1 saturated heterocycles. The molecule has 2 aromatic rings. The molecular weight excluding hydrogens is 486 g/mol. The van der Waals surface area contributed by atoms with E-state index in [2.05, 4.69) is 31.0 Å². The summed E-state index contributed by atoms with van der Waals surface area (Å²) in [5, 5.41) is 2.57. The molecule has 0 spiro atoms. The van der Waals surface area contributed by atoms with Crippen LogP contribution < -0.4 is 11.1 Å². The van der Waals surface area contributed by atoms with Crippen LogP contribution in [0.5, 0.6) is 0 Å². The number of nitrogens with one attached hydrogen (secondary N) is 1. The summed E-state index contributed by atoms with van der Waals surface area (Å²) < 4.78 is 4.94. The van der Waals surface area contributed by atoms with Crippen molar-refractivity contribution in [2.45, 2.75) is 73.1 Å². The fourth-order valence-corrected chi connectivity index (χ4v) is 2.99. The fraction of sp³-hybridized carbons (Fsp3) is 0.533. The van der Waals surface area contributed by atoms with E-state index in [1.807, 2.05) is 74.5 Å². The van der Waals surface area contributed by atoms with E-state index in [4.69, 9.17) is 22.1 Å². The van der Waals surface area contributed by atoms with Crippen LogP contribution in [0.25, 0.3) is 0 Å². The van der Waals surface area contributed by atoms with Gasteiger partial charge in [0.25, 0.3) is 0 Å². The van der Waals surface area contributed by atoms with Crippen LogP contribution in [0.4, 0.5) is 11.4 Å². The Morgan fingerprint density at radius 2 is 1.27 bits per heavy atom. The molecule has 210 valence electrons. The minimum Gasteiger partial charge on any atom is -0.399 e. The number of carbonyl (C=O) groups excluding carboxylic acids is 2. The van der Waals surface area contributed by atoms with Gasteiger partial charge >= 0.3 is 0 Å². The molecule has 0 radical (unpaired) electrons. The third-order valence-electron chi connectivity index (χ3n) is 4.95. The first-order chi connectivity index (χ1) is 17.8. The van der Waals surface area contributed by atoms with Gasteiger partial charge in [0, 0.05) is 37.4 Å². The summed E-state index contributed by atoms with van der Waals surface area (Å²) in [4.78, 5) is 23.3. The number of nitrogens with two attached hydrogens (primary N) is 1. The summed E-state index contributed by atoms with van der Waals surface area (Å²) >= 11 is 4.94. The van der Waals surface area contributed by atoms with Gasteiger partial charge in [-0.2, -0.15) is 0 Å². The van der Waals surface area contributed by atoms with Gasteiger partial charge in [-0.25, -0.2) is 0 Å². The topological polar surface area (TPSA) is 84.7 Å². The Morgan fingerprint density at radius 3 is 1.51 bits per heavy atom. The number of ether oxygens (including phenoxy) is 1. The maximum Gasteiger partial charge on any atom is 0.224 e. The SMILES string of the molecule is C1CCOC1.CCCC(=O)Cl.CCCC(=O)Nc1ccccc1.CCN(CC)CC.Nc1ccccc1. The molecule has 0 bridgehead atoms. The maximum atomic E-state index is 11.1. The molecule has 1 heterocycles. The zero-order valence-electron chi connectivity index (χ0n) is 23.7. The third kappa shape index (κ3) is 28.0. The number of benzene rings is 2. The molecule has 1 aliphatic heterocycles. The highest BCUT2D eigenvalue weighted by atomic mass is 35.5. The van der Waals surface area contributed by atoms with Gasteiger partial charge in [0.1, 0.15) is 0 Å².